The van der Waals surface area contributed by atoms with Crippen LogP contribution >= 0.6 is 0 Å². The van der Waals surface area contributed by atoms with Gasteiger partial charge in [-0.05, 0) is 38.5 Å². The lowest BCUT2D eigenvalue weighted by molar-refractivity contribution is 0.0781. The van der Waals surface area contributed by atoms with Crippen molar-refractivity contribution in [1.82, 2.24) is 19.7 Å². The van der Waals surface area contributed by atoms with Crippen LogP contribution in [-0.4, -0.2) is 50.4 Å². The summed E-state index contributed by atoms with van der Waals surface area (Å²) < 4.78 is 1.77. The highest BCUT2D eigenvalue weighted by Crippen LogP contribution is 2.18. The van der Waals surface area contributed by atoms with Gasteiger partial charge in [0.05, 0.1) is 11.3 Å². The van der Waals surface area contributed by atoms with Gasteiger partial charge in [0, 0.05) is 37.5 Å². The number of pyridine rings is 1. The van der Waals surface area contributed by atoms with Gasteiger partial charge in [-0.3, -0.25) is 4.79 Å². The number of hydrogen-bond acceptors (Lipinski definition) is 4. The fourth-order valence-electron chi connectivity index (χ4n) is 2.85. The molecule has 2 aromatic heterocycles. The summed E-state index contributed by atoms with van der Waals surface area (Å²) in [7, 11) is 0. The minimum absolute atomic E-state index is 0.0247. The molecule has 3 heterocycles. The normalized spacial score (nSPS) is 18.0. The SMILES string of the molecule is Cc1cc(C)n(-c2ccc(C(=O)N3CCC(CO)C3)cn2)n1. The van der Waals surface area contributed by atoms with Gasteiger partial charge in [-0.15, -0.1) is 0 Å². The first-order chi connectivity index (χ1) is 10.6. The van der Waals surface area contributed by atoms with Crippen molar-refractivity contribution in [3.63, 3.8) is 0 Å². The van der Waals surface area contributed by atoms with Gasteiger partial charge in [-0.25, -0.2) is 9.67 Å². The van der Waals surface area contributed by atoms with E-state index >= 15 is 0 Å². The monoisotopic (exact) mass is 300 g/mol. The fraction of sp³-hybridized carbons (Fsp3) is 0.438. The van der Waals surface area contributed by atoms with Gasteiger partial charge in [0.25, 0.3) is 5.91 Å². The molecule has 0 bridgehead atoms. The molecule has 1 amide bonds. The molecule has 0 saturated carbocycles. The molecule has 1 aliphatic rings. The molecule has 6 heteroatoms. The van der Waals surface area contributed by atoms with Gasteiger partial charge in [-0.2, -0.15) is 5.10 Å². The average Bonchev–Trinajstić information content (AvgIpc) is 3.13. The summed E-state index contributed by atoms with van der Waals surface area (Å²) in [4.78, 5) is 18.5. The molecule has 1 saturated heterocycles. The third-order valence-corrected chi connectivity index (χ3v) is 4.05. The molecule has 6 nitrogen and oxygen atoms in total. The standard InChI is InChI=1S/C16H20N4O2/c1-11-7-12(2)20(18-11)15-4-3-14(8-17-15)16(22)19-6-5-13(9-19)10-21/h3-4,7-8,13,21H,5-6,9-10H2,1-2H3. The number of aryl methyl sites for hydroxylation is 2. The summed E-state index contributed by atoms with van der Waals surface area (Å²) in [6.45, 7) is 5.36. The zero-order valence-corrected chi connectivity index (χ0v) is 12.9. The van der Waals surface area contributed by atoms with Crippen LogP contribution in [0.3, 0.4) is 0 Å². The van der Waals surface area contributed by atoms with Crippen molar-refractivity contribution in [1.29, 1.82) is 0 Å². The maximum atomic E-state index is 12.4. The molecule has 0 radical (unpaired) electrons. The number of rotatable bonds is 3. The van der Waals surface area contributed by atoms with E-state index < -0.39 is 0 Å². The summed E-state index contributed by atoms with van der Waals surface area (Å²) >= 11 is 0. The van der Waals surface area contributed by atoms with Gasteiger partial charge in [0.1, 0.15) is 0 Å². The molecule has 1 atom stereocenters. The Kier molecular flexibility index (Phi) is 3.94. The summed E-state index contributed by atoms with van der Waals surface area (Å²) in [6.07, 6.45) is 2.46. The van der Waals surface area contributed by atoms with Crippen LogP contribution in [0.1, 0.15) is 28.2 Å². The second kappa shape index (κ2) is 5.88. The Hall–Kier alpha value is -2.21. The van der Waals surface area contributed by atoms with E-state index in [4.69, 9.17) is 5.11 Å². The summed E-state index contributed by atoms with van der Waals surface area (Å²) in [5.41, 5.74) is 2.52. The lowest BCUT2D eigenvalue weighted by Gasteiger charge is -2.16. The fourth-order valence-corrected chi connectivity index (χ4v) is 2.85. The Morgan fingerprint density at radius 2 is 2.23 bits per heavy atom. The first-order valence-electron chi connectivity index (χ1n) is 7.48. The van der Waals surface area contributed by atoms with Crippen LogP contribution in [0.2, 0.25) is 0 Å². The van der Waals surface area contributed by atoms with Crippen molar-refractivity contribution in [3.05, 3.63) is 41.3 Å². The maximum Gasteiger partial charge on any atom is 0.255 e. The predicted octanol–water partition coefficient (Wildman–Crippen LogP) is 1.34. The van der Waals surface area contributed by atoms with Crippen LogP contribution in [0, 0.1) is 19.8 Å². The van der Waals surface area contributed by atoms with Crippen LogP contribution in [-0.2, 0) is 0 Å². The van der Waals surface area contributed by atoms with Gasteiger partial charge >= 0.3 is 0 Å². The number of aromatic nitrogens is 3. The highest BCUT2D eigenvalue weighted by Gasteiger charge is 2.26. The molecule has 0 aromatic carbocycles. The lowest BCUT2D eigenvalue weighted by atomic mass is 10.1. The second-order valence-electron chi connectivity index (χ2n) is 5.83. The van der Waals surface area contributed by atoms with Gasteiger partial charge < -0.3 is 10.0 Å². The zero-order chi connectivity index (χ0) is 15.7. The number of likely N-dealkylation sites (tertiary alicyclic amines) is 1. The van der Waals surface area contributed by atoms with Crippen LogP contribution in [0.4, 0.5) is 0 Å². The molecular weight excluding hydrogens is 280 g/mol. The smallest absolute Gasteiger partial charge is 0.255 e. The second-order valence-corrected chi connectivity index (χ2v) is 5.83. The number of aliphatic hydroxyl groups excluding tert-OH is 1. The Bertz CT molecular complexity index is 678. The van der Waals surface area contributed by atoms with Crippen molar-refractivity contribution >= 4 is 5.91 Å². The molecule has 1 N–H and O–H groups in total. The number of carbonyl (C=O) groups is 1. The Labute approximate surface area is 129 Å². The molecule has 1 unspecified atom stereocenters. The third-order valence-electron chi connectivity index (χ3n) is 4.05. The topological polar surface area (TPSA) is 71.2 Å². The third kappa shape index (κ3) is 2.74. The highest BCUT2D eigenvalue weighted by molar-refractivity contribution is 5.94. The molecule has 116 valence electrons. The summed E-state index contributed by atoms with van der Waals surface area (Å²) in [6, 6.07) is 5.58. The molecule has 3 rings (SSSR count). The quantitative estimate of drug-likeness (QED) is 0.928. The maximum absolute atomic E-state index is 12.4. The van der Waals surface area contributed by atoms with Crippen molar-refractivity contribution in [2.45, 2.75) is 20.3 Å². The van der Waals surface area contributed by atoms with Crippen molar-refractivity contribution < 1.29 is 9.90 Å². The molecule has 1 fully saturated rings. The van der Waals surface area contributed by atoms with E-state index in [0.29, 0.717) is 24.5 Å². The molecule has 22 heavy (non-hydrogen) atoms. The molecule has 0 spiro atoms. The van der Waals surface area contributed by atoms with E-state index in [9.17, 15) is 4.79 Å². The van der Waals surface area contributed by atoms with E-state index in [1.165, 1.54) is 0 Å². The number of aliphatic hydroxyl groups is 1. The van der Waals surface area contributed by atoms with E-state index in [-0.39, 0.29) is 18.4 Å². The van der Waals surface area contributed by atoms with Gasteiger partial charge in [0.2, 0.25) is 0 Å². The Balaban J connectivity index is 1.77. The van der Waals surface area contributed by atoms with Crippen LogP contribution < -0.4 is 0 Å². The summed E-state index contributed by atoms with van der Waals surface area (Å²) in [5, 5.41) is 13.6. The Morgan fingerprint density at radius 3 is 2.77 bits per heavy atom. The van der Waals surface area contributed by atoms with E-state index in [1.807, 2.05) is 26.0 Å². The van der Waals surface area contributed by atoms with Gasteiger partial charge in [0.15, 0.2) is 5.82 Å². The lowest BCUT2D eigenvalue weighted by Crippen LogP contribution is -2.29. The van der Waals surface area contributed by atoms with Crippen molar-refractivity contribution in [2.75, 3.05) is 19.7 Å². The van der Waals surface area contributed by atoms with E-state index in [0.717, 1.165) is 17.8 Å². The van der Waals surface area contributed by atoms with E-state index in [2.05, 4.69) is 10.1 Å². The predicted molar refractivity (Wildman–Crippen MR) is 81.9 cm³/mol. The number of carbonyl (C=O) groups excluding carboxylic acids is 1. The molecule has 1 aliphatic heterocycles. The zero-order valence-electron chi connectivity index (χ0n) is 12.9. The number of amides is 1. The first kappa shape index (κ1) is 14.7. The van der Waals surface area contributed by atoms with Crippen molar-refractivity contribution in [3.8, 4) is 5.82 Å². The number of hydrogen-bond donors (Lipinski definition) is 1. The van der Waals surface area contributed by atoms with Gasteiger partial charge in [-0.1, -0.05) is 0 Å². The van der Waals surface area contributed by atoms with Crippen LogP contribution in [0.25, 0.3) is 5.82 Å². The van der Waals surface area contributed by atoms with E-state index in [1.54, 1.807) is 21.8 Å². The average molecular weight is 300 g/mol. The molecule has 2 aromatic rings. The summed E-state index contributed by atoms with van der Waals surface area (Å²) in [5.74, 6) is 0.881. The molecule has 0 aliphatic carbocycles. The van der Waals surface area contributed by atoms with Crippen molar-refractivity contribution in [2.24, 2.45) is 5.92 Å². The number of nitrogens with zero attached hydrogens (tertiary/aromatic N) is 4. The van der Waals surface area contributed by atoms with Crippen LogP contribution in [0.15, 0.2) is 24.4 Å². The molecular formula is C16H20N4O2. The minimum Gasteiger partial charge on any atom is -0.396 e. The minimum atomic E-state index is -0.0247. The van der Waals surface area contributed by atoms with Crippen LogP contribution in [0.5, 0.6) is 0 Å². The first-order valence-corrected chi connectivity index (χ1v) is 7.48. The largest absolute Gasteiger partial charge is 0.396 e. The highest BCUT2D eigenvalue weighted by atomic mass is 16.3. The Morgan fingerprint density at radius 1 is 1.41 bits per heavy atom.